The lowest BCUT2D eigenvalue weighted by molar-refractivity contribution is -0.144. The number of rotatable bonds is 4. The van der Waals surface area contributed by atoms with Crippen molar-refractivity contribution in [3.63, 3.8) is 0 Å². The van der Waals surface area contributed by atoms with Crippen LogP contribution in [0.4, 0.5) is 24.8 Å². The summed E-state index contributed by atoms with van der Waals surface area (Å²) < 4.78 is 39.4. The first-order valence-electron chi connectivity index (χ1n) is 9.28. The third-order valence-corrected chi connectivity index (χ3v) is 5.68. The monoisotopic (exact) mass is 491 g/mol. The summed E-state index contributed by atoms with van der Waals surface area (Å²) in [6.45, 7) is 0. The molecule has 0 spiro atoms. The first-order valence-corrected chi connectivity index (χ1v) is 10.1. The van der Waals surface area contributed by atoms with E-state index >= 15 is 0 Å². The normalized spacial score (nSPS) is 14.8. The van der Waals surface area contributed by atoms with Gasteiger partial charge in [0.15, 0.2) is 0 Å². The van der Waals surface area contributed by atoms with Gasteiger partial charge in [-0.05, 0) is 48.2 Å². The van der Waals surface area contributed by atoms with Crippen molar-refractivity contribution in [2.45, 2.75) is 24.6 Å². The fraction of sp³-hybridized carbons (Fsp3) is 0.190. The maximum Gasteiger partial charge on any atom is 0.451 e. The molecule has 0 aliphatic heterocycles. The molecule has 0 radical (unpaired) electrons. The van der Waals surface area contributed by atoms with Crippen molar-refractivity contribution < 1.29 is 18.0 Å². The number of hydrogen-bond donors (Lipinski definition) is 3. The SMILES string of the molecule is Nc1nc(C(F)(F)F)nc(N)c1-c1ccc(C2(NC(=O)c3ccc(Br)cc3)CC2)cc1. The summed E-state index contributed by atoms with van der Waals surface area (Å²) in [5.74, 6) is -2.26. The van der Waals surface area contributed by atoms with Crippen LogP contribution in [0.1, 0.15) is 34.6 Å². The van der Waals surface area contributed by atoms with Gasteiger partial charge in [-0.1, -0.05) is 40.2 Å². The van der Waals surface area contributed by atoms with Gasteiger partial charge in [0.05, 0.1) is 11.1 Å². The second-order valence-corrected chi connectivity index (χ2v) is 8.23. The summed E-state index contributed by atoms with van der Waals surface area (Å²) in [6, 6.07) is 14.0. The number of carbonyl (C=O) groups is 1. The molecule has 4 rings (SSSR count). The van der Waals surface area contributed by atoms with Gasteiger partial charge < -0.3 is 16.8 Å². The summed E-state index contributed by atoms with van der Waals surface area (Å²) in [7, 11) is 0. The van der Waals surface area contributed by atoms with E-state index in [0.717, 1.165) is 22.9 Å². The number of benzene rings is 2. The van der Waals surface area contributed by atoms with E-state index in [-0.39, 0.29) is 23.1 Å². The Balaban J connectivity index is 1.57. The van der Waals surface area contributed by atoms with Gasteiger partial charge in [0, 0.05) is 10.0 Å². The second-order valence-electron chi connectivity index (χ2n) is 7.31. The number of nitrogens with two attached hydrogens (primary N) is 2. The zero-order chi connectivity index (χ0) is 22.4. The fourth-order valence-electron chi connectivity index (χ4n) is 3.38. The lowest BCUT2D eigenvalue weighted by Crippen LogP contribution is -2.34. The number of amides is 1. The molecule has 0 bridgehead atoms. The lowest BCUT2D eigenvalue weighted by Gasteiger charge is -2.19. The summed E-state index contributed by atoms with van der Waals surface area (Å²) in [6.07, 6.45) is -3.18. The number of nitrogens with one attached hydrogen (secondary N) is 1. The van der Waals surface area contributed by atoms with Crippen molar-refractivity contribution in [3.8, 4) is 11.1 Å². The molecule has 1 amide bonds. The van der Waals surface area contributed by atoms with Gasteiger partial charge in [0.1, 0.15) is 11.6 Å². The van der Waals surface area contributed by atoms with Gasteiger partial charge >= 0.3 is 6.18 Å². The van der Waals surface area contributed by atoms with E-state index in [0.29, 0.717) is 11.1 Å². The quantitative estimate of drug-likeness (QED) is 0.497. The van der Waals surface area contributed by atoms with E-state index in [1.54, 1.807) is 48.5 Å². The zero-order valence-electron chi connectivity index (χ0n) is 16.0. The molecule has 1 aliphatic carbocycles. The highest BCUT2D eigenvalue weighted by molar-refractivity contribution is 9.10. The number of nitrogens with zero attached hydrogens (tertiary/aromatic N) is 2. The molecule has 1 heterocycles. The molecule has 0 saturated heterocycles. The maximum absolute atomic E-state index is 12.8. The van der Waals surface area contributed by atoms with Crippen molar-refractivity contribution in [2.75, 3.05) is 11.5 Å². The molecule has 1 aromatic heterocycles. The van der Waals surface area contributed by atoms with Crippen molar-refractivity contribution in [1.82, 2.24) is 15.3 Å². The van der Waals surface area contributed by atoms with E-state index < -0.39 is 17.5 Å². The Morgan fingerprint density at radius 3 is 2.00 bits per heavy atom. The number of aromatic nitrogens is 2. The first-order chi connectivity index (χ1) is 14.6. The summed E-state index contributed by atoms with van der Waals surface area (Å²) in [5, 5.41) is 3.07. The Morgan fingerprint density at radius 1 is 0.968 bits per heavy atom. The van der Waals surface area contributed by atoms with Crippen molar-refractivity contribution in [3.05, 3.63) is 70.0 Å². The number of alkyl halides is 3. The predicted octanol–water partition coefficient (Wildman–Crippen LogP) is 4.51. The summed E-state index contributed by atoms with van der Waals surface area (Å²) in [5.41, 5.74) is 13.1. The van der Waals surface area contributed by atoms with Crippen LogP contribution in [0, 0.1) is 0 Å². The van der Waals surface area contributed by atoms with Crippen LogP contribution in [-0.4, -0.2) is 15.9 Å². The van der Waals surface area contributed by atoms with Crippen LogP contribution in [0.3, 0.4) is 0 Å². The Bertz CT molecular complexity index is 1120. The smallest absolute Gasteiger partial charge is 0.383 e. The van der Waals surface area contributed by atoms with Crippen molar-refractivity contribution >= 4 is 33.5 Å². The zero-order valence-corrected chi connectivity index (χ0v) is 17.6. The molecule has 0 unspecified atom stereocenters. The Hall–Kier alpha value is -3.14. The lowest BCUT2D eigenvalue weighted by atomic mass is 9.99. The molecule has 6 nitrogen and oxygen atoms in total. The van der Waals surface area contributed by atoms with Crippen LogP contribution >= 0.6 is 15.9 Å². The molecule has 3 aromatic rings. The molecule has 2 aromatic carbocycles. The standard InChI is InChI=1S/C21H17BrF3N5O/c22-14-7-3-12(4-8-14)18(31)30-20(9-10-20)13-5-1-11(2-6-13)15-16(26)28-19(21(23,24)25)29-17(15)27/h1-8H,9-10H2,(H,30,31)(H4,26,27,28,29). The predicted molar refractivity (Wildman–Crippen MR) is 114 cm³/mol. The summed E-state index contributed by atoms with van der Waals surface area (Å²) in [4.78, 5) is 19.3. The van der Waals surface area contributed by atoms with Gasteiger partial charge in [0.2, 0.25) is 5.82 Å². The number of carbonyl (C=O) groups excluding carboxylic acids is 1. The molecule has 1 saturated carbocycles. The third kappa shape index (κ3) is 4.20. The first kappa shape index (κ1) is 21.1. The molecule has 160 valence electrons. The fourth-order valence-corrected chi connectivity index (χ4v) is 3.64. The van der Waals surface area contributed by atoms with Crippen LogP contribution < -0.4 is 16.8 Å². The van der Waals surface area contributed by atoms with E-state index in [1.807, 2.05) is 0 Å². The minimum atomic E-state index is -4.74. The van der Waals surface area contributed by atoms with Gasteiger partial charge in [-0.25, -0.2) is 9.97 Å². The molecule has 0 atom stereocenters. The largest absolute Gasteiger partial charge is 0.451 e. The second kappa shape index (κ2) is 7.52. The number of nitrogen functional groups attached to an aromatic ring is 2. The van der Waals surface area contributed by atoms with E-state index in [2.05, 4.69) is 31.2 Å². The van der Waals surface area contributed by atoms with Gasteiger partial charge in [-0.2, -0.15) is 13.2 Å². The number of anilines is 2. The van der Waals surface area contributed by atoms with Crippen molar-refractivity contribution in [1.29, 1.82) is 0 Å². The molecular formula is C21H17BrF3N5O. The topological polar surface area (TPSA) is 107 Å². The van der Waals surface area contributed by atoms with Gasteiger partial charge in [-0.3, -0.25) is 4.79 Å². The van der Waals surface area contributed by atoms with Crippen LogP contribution in [0.5, 0.6) is 0 Å². The highest BCUT2D eigenvalue weighted by Gasteiger charge is 2.45. The minimum Gasteiger partial charge on any atom is -0.383 e. The van der Waals surface area contributed by atoms with E-state index in [4.69, 9.17) is 11.5 Å². The molecule has 31 heavy (non-hydrogen) atoms. The highest BCUT2D eigenvalue weighted by Crippen LogP contribution is 2.46. The molecular weight excluding hydrogens is 475 g/mol. The average Bonchev–Trinajstić information content (AvgIpc) is 3.48. The van der Waals surface area contributed by atoms with Gasteiger partial charge in [-0.15, -0.1) is 0 Å². The molecule has 1 aliphatic rings. The van der Waals surface area contributed by atoms with Gasteiger partial charge in [0.25, 0.3) is 5.91 Å². The highest BCUT2D eigenvalue weighted by atomic mass is 79.9. The average molecular weight is 492 g/mol. The maximum atomic E-state index is 12.8. The third-order valence-electron chi connectivity index (χ3n) is 5.15. The Kier molecular flexibility index (Phi) is 5.12. The molecule has 5 N–H and O–H groups in total. The van der Waals surface area contributed by atoms with E-state index in [9.17, 15) is 18.0 Å². The minimum absolute atomic E-state index is 0.142. The molecule has 10 heteroatoms. The summed E-state index contributed by atoms with van der Waals surface area (Å²) >= 11 is 3.34. The van der Waals surface area contributed by atoms with Crippen LogP contribution in [-0.2, 0) is 11.7 Å². The van der Waals surface area contributed by atoms with Crippen LogP contribution in [0.25, 0.3) is 11.1 Å². The van der Waals surface area contributed by atoms with Crippen LogP contribution in [0.2, 0.25) is 0 Å². The van der Waals surface area contributed by atoms with Crippen molar-refractivity contribution in [2.24, 2.45) is 0 Å². The molecule has 1 fully saturated rings. The Labute approximate surface area is 184 Å². The van der Waals surface area contributed by atoms with Crippen LogP contribution in [0.15, 0.2) is 53.0 Å². The van der Waals surface area contributed by atoms with E-state index in [1.165, 1.54) is 0 Å². The Morgan fingerprint density at radius 2 is 1.52 bits per heavy atom. The number of halogens is 4. The number of hydrogen-bond acceptors (Lipinski definition) is 5.